The zero-order valence-electron chi connectivity index (χ0n) is 11.7. The summed E-state index contributed by atoms with van der Waals surface area (Å²) in [4.78, 5) is 25.7. The molecule has 108 valence electrons. The Bertz CT molecular complexity index is 327. The number of rotatable bonds is 5. The summed E-state index contributed by atoms with van der Waals surface area (Å²) in [6.07, 6.45) is 6.20. The zero-order chi connectivity index (χ0) is 13.7. The van der Waals surface area contributed by atoms with Crippen LogP contribution in [0.1, 0.15) is 38.5 Å². The second-order valence-corrected chi connectivity index (χ2v) is 5.58. The third kappa shape index (κ3) is 3.93. The van der Waals surface area contributed by atoms with Gasteiger partial charge >= 0.3 is 0 Å². The quantitative estimate of drug-likeness (QED) is 0.807. The molecule has 2 aliphatic rings. The summed E-state index contributed by atoms with van der Waals surface area (Å²) in [5.74, 6) is -0.0488. The molecule has 2 rings (SSSR count). The molecule has 0 aromatic rings. The molecule has 5 heteroatoms. The number of amides is 2. The van der Waals surface area contributed by atoms with Gasteiger partial charge in [0.25, 0.3) is 0 Å². The molecule has 0 radical (unpaired) electrons. The molecule has 0 aromatic carbocycles. The third-order valence-corrected chi connectivity index (χ3v) is 4.10. The van der Waals surface area contributed by atoms with Crippen LogP contribution in [0.25, 0.3) is 0 Å². The highest BCUT2D eigenvalue weighted by Gasteiger charge is 2.34. The van der Waals surface area contributed by atoms with Gasteiger partial charge < -0.3 is 15.0 Å². The maximum absolute atomic E-state index is 12.2. The molecular weight excluding hydrogens is 244 g/mol. The van der Waals surface area contributed by atoms with Crippen molar-refractivity contribution in [1.82, 2.24) is 10.2 Å². The van der Waals surface area contributed by atoms with Crippen LogP contribution in [-0.2, 0) is 14.3 Å². The van der Waals surface area contributed by atoms with Crippen molar-refractivity contribution in [2.24, 2.45) is 5.92 Å². The Hall–Kier alpha value is -1.10. The minimum atomic E-state index is -0.175. The van der Waals surface area contributed by atoms with E-state index in [0.717, 1.165) is 12.8 Å². The lowest BCUT2D eigenvalue weighted by Crippen LogP contribution is -2.40. The lowest BCUT2D eigenvalue weighted by Gasteiger charge is -2.24. The van der Waals surface area contributed by atoms with Gasteiger partial charge in [-0.3, -0.25) is 9.59 Å². The molecule has 1 N–H and O–H groups in total. The van der Waals surface area contributed by atoms with E-state index in [1.54, 1.807) is 12.0 Å². The van der Waals surface area contributed by atoms with E-state index in [1.165, 1.54) is 19.3 Å². The minimum Gasteiger partial charge on any atom is -0.383 e. The Labute approximate surface area is 114 Å². The van der Waals surface area contributed by atoms with Crippen LogP contribution >= 0.6 is 0 Å². The number of hydrogen-bond acceptors (Lipinski definition) is 3. The number of nitrogens with one attached hydrogen (secondary N) is 1. The predicted molar refractivity (Wildman–Crippen MR) is 71.6 cm³/mol. The molecule has 1 unspecified atom stereocenters. The van der Waals surface area contributed by atoms with Crippen LogP contribution < -0.4 is 5.32 Å². The predicted octanol–water partition coefficient (Wildman–Crippen LogP) is 0.930. The van der Waals surface area contributed by atoms with Crippen molar-refractivity contribution in [3.8, 4) is 0 Å². The average molecular weight is 268 g/mol. The average Bonchev–Trinajstić information content (AvgIpc) is 2.79. The molecular formula is C14H24N2O3. The van der Waals surface area contributed by atoms with Crippen LogP contribution in [0.15, 0.2) is 0 Å². The Balaban J connectivity index is 1.78. The maximum Gasteiger partial charge on any atom is 0.225 e. The van der Waals surface area contributed by atoms with Crippen molar-refractivity contribution in [3.05, 3.63) is 0 Å². The van der Waals surface area contributed by atoms with Crippen LogP contribution in [0.3, 0.4) is 0 Å². The van der Waals surface area contributed by atoms with Gasteiger partial charge in [-0.2, -0.15) is 0 Å². The molecule has 2 fully saturated rings. The summed E-state index contributed by atoms with van der Waals surface area (Å²) in [6.45, 7) is 1.66. The number of methoxy groups -OCH3 is 1. The van der Waals surface area contributed by atoms with E-state index in [9.17, 15) is 9.59 Å². The summed E-state index contributed by atoms with van der Waals surface area (Å²) in [6, 6.07) is 0.323. The Kier molecular flexibility index (Phi) is 5.19. The van der Waals surface area contributed by atoms with Gasteiger partial charge in [-0.25, -0.2) is 0 Å². The first-order valence-corrected chi connectivity index (χ1v) is 7.28. The highest BCUT2D eigenvalue weighted by atomic mass is 16.5. The highest BCUT2D eigenvalue weighted by molar-refractivity contribution is 5.89. The number of carbonyl (C=O) groups is 2. The molecule has 1 saturated heterocycles. The molecule has 1 aliphatic carbocycles. The standard InChI is InChI=1S/C14H24N2O3/c1-19-8-7-16-10-11(9-13(16)17)14(18)15-12-5-3-2-4-6-12/h11-12H,2-10H2,1H3,(H,15,18). The molecule has 0 spiro atoms. The normalized spacial score (nSPS) is 24.8. The third-order valence-electron chi connectivity index (χ3n) is 4.10. The van der Waals surface area contributed by atoms with E-state index in [0.29, 0.717) is 32.2 Å². The Morgan fingerprint density at radius 3 is 2.79 bits per heavy atom. The van der Waals surface area contributed by atoms with Crippen molar-refractivity contribution >= 4 is 11.8 Å². The summed E-state index contributed by atoms with van der Waals surface area (Å²) >= 11 is 0. The summed E-state index contributed by atoms with van der Waals surface area (Å²) in [5.41, 5.74) is 0. The van der Waals surface area contributed by atoms with Gasteiger partial charge in [0.15, 0.2) is 0 Å². The molecule has 0 bridgehead atoms. The van der Waals surface area contributed by atoms with Gasteiger partial charge in [-0.1, -0.05) is 19.3 Å². The lowest BCUT2D eigenvalue weighted by atomic mass is 9.95. The van der Waals surface area contributed by atoms with Crippen LogP contribution in [0.4, 0.5) is 0 Å². The van der Waals surface area contributed by atoms with Gasteiger partial charge in [-0.05, 0) is 12.8 Å². The second-order valence-electron chi connectivity index (χ2n) is 5.58. The van der Waals surface area contributed by atoms with Gasteiger partial charge in [0.1, 0.15) is 0 Å². The Morgan fingerprint density at radius 1 is 1.37 bits per heavy atom. The van der Waals surface area contributed by atoms with Gasteiger partial charge in [0.05, 0.1) is 12.5 Å². The van der Waals surface area contributed by atoms with E-state index in [1.807, 2.05) is 0 Å². The monoisotopic (exact) mass is 268 g/mol. The largest absolute Gasteiger partial charge is 0.383 e. The molecule has 1 saturated carbocycles. The number of carbonyl (C=O) groups excluding carboxylic acids is 2. The first-order chi connectivity index (χ1) is 9.20. The fourth-order valence-corrected chi connectivity index (χ4v) is 2.93. The van der Waals surface area contributed by atoms with Crippen molar-refractivity contribution in [2.75, 3.05) is 26.8 Å². The van der Waals surface area contributed by atoms with Crippen LogP contribution in [0, 0.1) is 5.92 Å². The topological polar surface area (TPSA) is 58.6 Å². The molecule has 2 amide bonds. The number of ether oxygens (including phenoxy) is 1. The molecule has 1 aliphatic heterocycles. The second kappa shape index (κ2) is 6.89. The van der Waals surface area contributed by atoms with E-state index < -0.39 is 0 Å². The Morgan fingerprint density at radius 2 is 2.11 bits per heavy atom. The van der Waals surface area contributed by atoms with Crippen LogP contribution in [0.5, 0.6) is 0 Å². The molecule has 19 heavy (non-hydrogen) atoms. The van der Waals surface area contributed by atoms with Crippen LogP contribution in [0.2, 0.25) is 0 Å². The smallest absolute Gasteiger partial charge is 0.225 e. The minimum absolute atomic E-state index is 0.0557. The van der Waals surface area contributed by atoms with Crippen LogP contribution in [-0.4, -0.2) is 49.6 Å². The van der Waals surface area contributed by atoms with Crippen molar-refractivity contribution in [1.29, 1.82) is 0 Å². The number of nitrogens with zero attached hydrogens (tertiary/aromatic N) is 1. The number of likely N-dealkylation sites (tertiary alicyclic amines) is 1. The molecule has 5 nitrogen and oxygen atoms in total. The van der Waals surface area contributed by atoms with Crippen molar-refractivity contribution < 1.29 is 14.3 Å². The van der Waals surface area contributed by atoms with Gasteiger partial charge in [0.2, 0.25) is 11.8 Å². The SMILES string of the molecule is COCCN1CC(C(=O)NC2CCCCC2)CC1=O. The molecule has 1 atom stereocenters. The van der Waals surface area contributed by atoms with Gasteiger partial charge in [-0.15, -0.1) is 0 Å². The first-order valence-electron chi connectivity index (χ1n) is 7.28. The van der Waals surface area contributed by atoms with E-state index in [4.69, 9.17) is 4.74 Å². The van der Waals surface area contributed by atoms with E-state index >= 15 is 0 Å². The summed E-state index contributed by atoms with van der Waals surface area (Å²) < 4.78 is 4.97. The number of hydrogen-bond donors (Lipinski definition) is 1. The summed E-state index contributed by atoms with van der Waals surface area (Å²) in [7, 11) is 1.62. The van der Waals surface area contributed by atoms with Crippen molar-refractivity contribution in [3.63, 3.8) is 0 Å². The highest BCUT2D eigenvalue weighted by Crippen LogP contribution is 2.21. The lowest BCUT2D eigenvalue weighted by molar-refractivity contribution is -0.129. The molecule has 0 aromatic heterocycles. The summed E-state index contributed by atoms with van der Waals surface area (Å²) in [5, 5.41) is 3.11. The molecule has 1 heterocycles. The zero-order valence-corrected chi connectivity index (χ0v) is 11.7. The fourth-order valence-electron chi connectivity index (χ4n) is 2.93. The first kappa shape index (κ1) is 14.3. The van der Waals surface area contributed by atoms with Gasteiger partial charge in [0, 0.05) is 32.7 Å². The van der Waals surface area contributed by atoms with E-state index in [2.05, 4.69) is 5.32 Å². The fraction of sp³-hybridized carbons (Fsp3) is 0.857. The van der Waals surface area contributed by atoms with E-state index in [-0.39, 0.29) is 17.7 Å². The maximum atomic E-state index is 12.2. The van der Waals surface area contributed by atoms with Crippen molar-refractivity contribution in [2.45, 2.75) is 44.6 Å².